The molecule has 1 saturated carbocycles. The lowest BCUT2D eigenvalue weighted by molar-refractivity contribution is -0.126. The van der Waals surface area contributed by atoms with Crippen molar-refractivity contribution in [2.24, 2.45) is 5.14 Å². The Hall–Kier alpha value is -1.41. The van der Waals surface area contributed by atoms with Crippen LogP contribution in [0.15, 0.2) is 40.6 Å². The number of rotatable bonds is 5. The number of halogens is 1. The maximum Gasteiger partial charge on any atom is 0.247 e. The molecular formula is C17H19ClN2O3S2. The van der Waals surface area contributed by atoms with E-state index in [2.05, 4.69) is 5.32 Å². The molecule has 1 heterocycles. The van der Waals surface area contributed by atoms with Crippen LogP contribution in [-0.2, 0) is 26.8 Å². The summed E-state index contributed by atoms with van der Waals surface area (Å²) in [5, 5.41) is 8.73. The van der Waals surface area contributed by atoms with Crippen LogP contribution in [0.1, 0.15) is 36.1 Å². The number of benzene rings is 1. The average molecular weight is 399 g/mol. The molecule has 0 radical (unpaired) electrons. The molecule has 8 heteroatoms. The van der Waals surface area contributed by atoms with E-state index in [4.69, 9.17) is 16.7 Å². The number of nitrogens with two attached hydrogens (primary N) is 1. The van der Waals surface area contributed by atoms with Gasteiger partial charge in [-0.05, 0) is 42.7 Å². The van der Waals surface area contributed by atoms with E-state index in [9.17, 15) is 13.2 Å². The number of carbonyl (C=O) groups is 1. The predicted molar refractivity (Wildman–Crippen MR) is 99.1 cm³/mol. The number of amides is 1. The summed E-state index contributed by atoms with van der Waals surface area (Å²) in [4.78, 5) is 13.7. The van der Waals surface area contributed by atoms with Crippen molar-refractivity contribution < 1.29 is 13.2 Å². The second kappa shape index (κ2) is 7.07. The Morgan fingerprint density at radius 3 is 2.36 bits per heavy atom. The highest BCUT2D eigenvalue weighted by atomic mass is 35.5. The first-order valence-corrected chi connectivity index (χ1v) is 10.7. The molecule has 3 N–H and O–H groups in total. The molecule has 0 bridgehead atoms. The third kappa shape index (κ3) is 3.89. The van der Waals surface area contributed by atoms with Crippen LogP contribution in [0.3, 0.4) is 0 Å². The van der Waals surface area contributed by atoms with Crippen LogP contribution < -0.4 is 10.5 Å². The van der Waals surface area contributed by atoms with Gasteiger partial charge in [0.25, 0.3) is 0 Å². The van der Waals surface area contributed by atoms with E-state index >= 15 is 0 Å². The predicted octanol–water partition coefficient (Wildman–Crippen LogP) is 3.18. The Labute approximate surface area is 156 Å². The second-order valence-corrected chi connectivity index (χ2v) is 9.64. The summed E-state index contributed by atoms with van der Waals surface area (Å²) in [6.07, 6.45) is 3.61. The monoisotopic (exact) mass is 398 g/mol. The van der Waals surface area contributed by atoms with Crippen molar-refractivity contribution >= 4 is 38.9 Å². The molecular weight excluding hydrogens is 380 g/mol. The molecule has 134 valence electrons. The van der Waals surface area contributed by atoms with Gasteiger partial charge in [0, 0.05) is 9.90 Å². The Bertz CT molecular complexity index is 870. The zero-order valence-corrected chi connectivity index (χ0v) is 15.9. The highest BCUT2D eigenvalue weighted by molar-refractivity contribution is 7.91. The highest BCUT2D eigenvalue weighted by Crippen LogP contribution is 2.41. The van der Waals surface area contributed by atoms with Gasteiger partial charge in [0.1, 0.15) is 4.21 Å². The van der Waals surface area contributed by atoms with Crippen LogP contribution in [0.25, 0.3) is 0 Å². The molecule has 0 unspecified atom stereocenters. The number of thiophene rings is 1. The fourth-order valence-electron chi connectivity index (χ4n) is 3.34. The first kappa shape index (κ1) is 18.4. The van der Waals surface area contributed by atoms with Crippen LogP contribution in [0, 0.1) is 0 Å². The number of primary sulfonamides is 1. The van der Waals surface area contributed by atoms with E-state index in [0.717, 1.165) is 47.5 Å². The van der Waals surface area contributed by atoms with Gasteiger partial charge in [0.05, 0.1) is 12.0 Å². The molecule has 0 spiro atoms. The van der Waals surface area contributed by atoms with Gasteiger partial charge < -0.3 is 5.32 Å². The smallest absolute Gasteiger partial charge is 0.247 e. The molecule has 25 heavy (non-hydrogen) atoms. The van der Waals surface area contributed by atoms with Crippen molar-refractivity contribution in [2.45, 2.75) is 41.9 Å². The van der Waals surface area contributed by atoms with Crippen LogP contribution in [0.4, 0.5) is 0 Å². The van der Waals surface area contributed by atoms with E-state index in [1.165, 1.54) is 6.07 Å². The van der Waals surface area contributed by atoms with Gasteiger partial charge >= 0.3 is 0 Å². The molecule has 1 amide bonds. The van der Waals surface area contributed by atoms with Gasteiger partial charge in [-0.25, -0.2) is 13.6 Å². The lowest BCUT2D eigenvalue weighted by Crippen LogP contribution is -2.42. The molecule has 0 aliphatic heterocycles. The fraction of sp³-hybridized carbons (Fsp3) is 0.353. The van der Waals surface area contributed by atoms with Crippen LogP contribution >= 0.6 is 22.9 Å². The number of sulfonamides is 1. The normalized spacial score (nSPS) is 16.7. The van der Waals surface area contributed by atoms with E-state index in [0.29, 0.717) is 5.02 Å². The maximum absolute atomic E-state index is 12.9. The molecule has 1 fully saturated rings. The summed E-state index contributed by atoms with van der Waals surface area (Å²) in [6.45, 7) is 0.286. The van der Waals surface area contributed by atoms with Crippen molar-refractivity contribution in [3.05, 3.63) is 51.9 Å². The minimum atomic E-state index is -3.70. The standard InChI is InChI=1S/C17H19ClN2O3S2/c18-13-5-3-12(4-6-13)17(9-1-2-10-17)16(21)20-11-14-7-8-15(24-14)25(19,22)23/h3-8H,1-2,9-11H2,(H,20,21)(H2,19,22,23). The van der Waals surface area contributed by atoms with E-state index in [-0.39, 0.29) is 16.7 Å². The summed E-state index contributed by atoms with van der Waals surface area (Å²) in [5.74, 6) is -0.0297. The van der Waals surface area contributed by atoms with Crippen molar-refractivity contribution in [1.82, 2.24) is 5.32 Å². The topological polar surface area (TPSA) is 89.3 Å². The Morgan fingerprint density at radius 1 is 1.16 bits per heavy atom. The third-order valence-electron chi connectivity index (χ3n) is 4.63. The largest absolute Gasteiger partial charge is 0.350 e. The Morgan fingerprint density at radius 2 is 1.80 bits per heavy atom. The van der Waals surface area contributed by atoms with E-state index < -0.39 is 15.4 Å². The lowest BCUT2D eigenvalue weighted by atomic mass is 9.78. The summed E-state index contributed by atoms with van der Waals surface area (Å²) >= 11 is 7.04. The van der Waals surface area contributed by atoms with Crippen molar-refractivity contribution in [1.29, 1.82) is 0 Å². The molecule has 0 atom stereocenters. The number of nitrogens with one attached hydrogen (secondary N) is 1. The summed E-state index contributed by atoms with van der Waals surface area (Å²) in [5.41, 5.74) is 0.438. The van der Waals surface area contributed by atoms with Gasteiger partial charge in [0.2, 0.25) is 15.9 Å². The average Bonchev–Trinajstić information content (AvgIpc) is 3.23. The van der Waals surface area contributed by atoms with Gasteiger partial charge in [0.15, 0.2) is 0 Å². The summed E-state index contributed by atoms with van der Waals surface area (Å²) in [7, 11) is -3.70. The van der Waals surface area contributed by atoms with Gasteiger partial charge in [-0.3, -0.25) is 4.79 Å². The molecule has 3 rings (SSSR count). The zero-order valence-electron chi connectivity index (χ0n) is 13.5. The zero-order chi connectivity index (χ0) is 18.1. The maximum atomic E-state index is 12.9. The van der Waals surface area contributed by atoms with E-state index in [1.807, 2.05) is 24.3 Å². The Balaban J connectivity index is 1.76. The minimum absolute atomic E-state index is 0.0297. The van der Waals surface area contributed by atoms with Crippen molar-refractivity contribution in [3.63, 3.8) is 0 Å². The molecule has 1 aromatic carbocycles. The second-order valence-electron chi connectivity index (χ2n) is 6.24. The Kier molecular flexibility index (Phi) is 5.20. The van der Waals surface area contributed by atoms with Gasteiger partial charge in [-0.15, -0.1) is 11.3 Å². The van der Waals surface area contributed by atoms with Crippen molar-refractivity contribution in [2.75, 3.05) is 0 Å². The summed E-state index contributed by atoms with van der Waals surface area (Å²) in [6, 6.07) is 10.6. The highest BCUT2D eigenvalue weighted by Gasteiger charge is 2.42. The number of carbonyl (C=O) groups excluding carboxylic acids is 1. The van der Waals surface area contributed by atoms with Crippen LogP contribution in [0.5, 0.6) is 0 Å². The minimum Gasteiger partial charge on any atom is -0.350 e. The molecule has 5 nitrogen and oxygen atoms in total. The molecule has 0 saturated heterocycles. The number of hydrogen-bond acceptors (Lipinski definition) is 4. The van der Waals surface area contributed by atoms with Gasteiger partial charge in [-0.1, -0.05) is 36.6 Å². The van der Waals surface area contributed by atoms with Crippen LogP contribution in [0.2, 0.25) is 5.02 Å². The van der Waals surface area contributed by atoms with E-state index in [1.54, 1.807) is 6.07 Å². The lowest BCUT2D eigenvalue weighted by Gasteiger charge is -2.28. The first-order chi connectivity index (χ1) is 11.8. The quantitative estimate of drug-likeness (QED) is 0.810. The van der Waals surface area contributed by atoms with Crippen LogP contribution in [-0.4, -0.2) is 14.3 Å². The SMILES string of the molecule is NS(=O)(=O)c1ccc(CNC(=O)C2(c3ccc(Cl)cc3)CCCC2)s1. The molecule has 1 aromatic heterocycles. The third-order valence-corrected chi connectivity index (χ3v) is 7.40. The van der Waals surface area contributed by atoms with Gasteiger partial charge in [-0.2, -0.15) is 0 Å². The molecule has 2 aromatic rings. The molecule has 1 aliphatic carbocycles. The summed E-state index contributed by atoms with van der Waals surface area (Å²) < 4.78 is 22.8. The first-order valence-electron chi connectivity index (χ1n) is 7.97. The van der Waals surface area contributed by atoms with Crippen molar-refractivity contribution in [3.8, 4) is 0 Å². The molecule has 1 aliphatic rings. The number of hydrogen-bond donors (Lipinski definition) is 2. The fourth-order valence-corrected chi connectivity index (χ4v) is 5.18.